The number of aliphatic hydroxyl groups excluding tert-OH is 1. The minimum absolute atomic E-state index is 0.0423. The average molecular weight is 273 g/mol. The smallest absolute Gasteiger partial charge is 0.214 e. The molecule has 2 atom stereocenters. The number of nitrogens with zero attached hydrogens (tertiary/aromatic N) is 3. The normalized spacial score (nSPS) is 25.9. The summed E-state index contributed by atoms with van der Waals surface area (Å²) in [4.78, 5) is 1.36. The Balaban J connectivity index is 2.07. The molecule has 1 aromatic heterocycles. The van der Waals surface area contributed by atoms with Gasteiger partial charge in [0.05, 0.1) is 0 Å². The summed E-state index contributed by atoms with van der Waals surface area (Å²) in [6.07, 6.45) is 4.27. The summed E-state index contributed by atoms with van der Waals surface area (Å²) in [6.45, 7) is 2.11. The van der Waals surface area contributed by atoms with Crippen LogP contribution in [0.25, 0.3) is 11.0 Å². The van der Waals surface area contributed by atoms with Crippen LogP contribution in [0.3, 0.4) is 0 Å². The van der Waals surface area contributed by atoms with Gasteiger partial charge in [-0.25, -0.2) is 0 Å². The fourth-order valence-corrected chi connectivity index (χ4v) is 2.24. The maximum Gasteiger partial charge on any atom is 0.214 e. The van der Waals surface area contributed by atoms with Crippen LogP contribution < -0.4 is 0 Å². The first-order chi connectivity index (χ1) is 9.62. The third-order valence-corrected chi connectivity index (χ3v) is 3.17. The summed E-state index contributed by atoms with van der Waals surface area (Å²) in [7, 11) is 0. The summed E-state index contributed by atoms with van der Waals surface area (Å²) in [5.41, 5.74) is 1.43. The Morgan fingerprint density at radius 1 is 1.30 bits per heavy atom. The number of ether oxygens (including phenoxy) is 1. The van der Waals surface area contributed by atoms with Crippen LogP contribution in [0, 0.1) is 0 Å². The Bertz CT molecular complexity index is 659. The van der Waals surface area contributed by atoms with E-state index in [4.69, 9.17) is 4.74 Å². The molecule has 1 aliphatic rings. The van der Waals surface area contributed by atoms with Crippen LogP contribution in [0.2, 0.25) is 0 Å². The number of rotatable bonds is 3. The molecule has 6 heteroatoms. The fourth-order valence-electron chi connectivity index (χ4n) is 2.24. The van der Waals surface area contributed by atoms with Crippen LogP contribution in [-0.4, -0.2) is 37.6 Å². The van der Waals surface area contributed by atoms with Gasteiger partial charge in [0.2, 0.25) is 5.79 Å². The second kappa shape index (κ2) is 4.73. The van der Waals surface area contributed by atoms with Gasteiger partial charge in [-0.3, -0.25) is 0 Å². The lowest BCUT2D eigenvalue weighted by atomic mass is 10.0. The quantitative estimate of drug-likeness (QED) is 0.832. The van der Waals surface area contributed by atoms with Crippen molar-refractivity contribution in [2.24, 2.45) is 0 Å². The van der Waals surface area contributed by atoms with Crippen molar-refractivity contribution in [3.63, 3.8) is 0 Å². The number of allylic oxidation sites excluding steroid dienone is 1. The molecule has 0 aliphatic heterocycles. The zero-order valence-corrected chi connectivity index (χ0v) is 11.0. The first-order valence-electron chi connectivity index (χ1n) is 6.40. The van der Waals surface area contributed by atoms with Crippen LogP contribution in [0.15, 0.2) is 48.3 Å². The van der Waals surface area contributed by atoms with Crippen LogP contribution in [0.5, 0.6) is 0 Å². The van der Waals surface area contributed by atoms with E-state index in [1.54, 1.807) is 6.92 Å². The largest absolute Gasteiger partial charge is 0.508 e. The fraction of sp³-hybridized carbons (Fsp3) is 0.286. The molecule has 0 fully saturated rings. The van der Waals surface area contributed by atoms with Gasteiger partial charge in [-0.2, -0.15) is 15.0 Å². The Labute approximate surface area is 115 Å². The molecule has 0 amide bonds. The van der Waals surface area contributed by atoms with Crippen molar-refractivity contribution in [3.05, 3.63) is 48.3 Å². The second-order valence-electron chi connectivity index (χ2n) is 4.56. The van der Waals surface area contributed by atoms with Crippen LogP contribution in [0.1, 0.15) is 13.0 Å². The highest BCUT2D eigenvalue weighted by Gasteiger charge is 2.39. The first kappa shape index (κ1) is 12.8. The van der Waals surface area contributed by atoms with Gasteiger partial charge in [0.25, 0.3) is 0 Å². The van der Waals surface area contributed by atoms with Crippen LogP contribution >= 0.6 is 0 Å². The topological polar surface area (TPSA) is 80.4 Å². The number of hydrogen-bond donors (Lipinski definition) is 2. The maximum atomic E-state index is 10.6. The minimum atomic E-state index is -1.57. The second-order valence-corrected chi connectivity index (χ2v) is 4.56. The Morgan fingerprint density at radius 2 is 1.95 bits per heavy atom. The average Bonchev–Trinajstić information content (AvgIpc) is 2.85. The molecule has 1 heterocycles. The van der Waals surface area contributed by atoms with E-state index < -0.39 is 11.8 Å². The Kier molecular flexibility index (Phi) is 3.04. The molecular formula is C14H15N3O3. The molecule has 6 nitrogen and oxygen atoms in total. The molecule has 2 aromatic rings. The SMILES string of the molecule is CCOC1(O)C=CC(O)=CC1n1nc2ccccc2n1. The van der Waals surface area contributed by atoms with Crippen molar-refractivity contribution >= 4 is 11.0 Å². The van der Waals surface area contributed by atoms with E-state index in [-0.39, 0.29) is 5.76 Å². The molecule has 0 bridgehead atoms. The molecule has 3 rings (SSSR count). The van der Waals surface area contributed by atoms with Crippen molar-refractivity contribution in [3.8, 4) is 0 Å². The van der Waals surface area contributed by atoms with Gasteiger partial charge < -0.3 is 14.9 Å². The Hall–Kier alpha value is -2.18. The molecule has 1 aliphatic carbocycles. The Morgan fingerprint density at radius 3 is 2.55 bits per heavy atom. The molecular weight excluding hydrogens is 258 g/mol. The molecule has 0 spiro atoms. The van der Waals surface area contributed by atoms with Crippen LogP contribution in [0.4, 0.5) is 0 Å². The van der Waals surface area contributed by atoms with Gasteiger partial charge in [-0.05, 0) is 37.3 Å². The third-order valence-electron chi connectivity index (χ3n) is 3.17. The molecule has 20 heavy (non-hydrogen) atoms. The summed E-state index contributed by atoms with van der Waals surface area (Å²) >= 11 is 0. The monoisotopic (exact) mass is 273 g/mol. The van der Waals surface area contributed by atoms with Crippen molar-refractivity contribution in [2.45, 2.75) is 18.8 Å². The zero-order valence-electron chi connectivity index (χ0n) is 11.0. The number of fused-ring (bicyclic) bond motifs is 1. The molecule has 0 saturated carbocycles. The lowest BCUT2D eigenvalue weighted by Gasteiger charge is -2.32. The summed E-state index contributed by atoms with van der Waals surface area (Å²) in [5, 5.41) is 28.9. The van der Waals surface area contributed by atoms with E-state index in [0.29, 0.717) is 17.6 Å². The van der Waals surface area contributed by atoms with Gasteiger partial charge in [0, 0.05) is 6.61 Å². The van der Waals surface area contributed by atoms with Gasteiger partial charge in [-0.15, -0.1) is 0 Å². The van der Waals surface area contributed by atoms with E-state index in [0.717, 1.165) is 0 Å². The lowest BCUT2D eigenvalue weighted by molar-refractivity contribution is -0.188. The van der Waals surface area contributed by atoms with E-state index in [1.807, 2.05) is 24.3 Å². The first-order valence-corrected chi connectivity index (χ1v) is 6.40. The molecule has 104 valence electrons. The summed E-state index contributed by atoms with van der Waals surface area (Å²) in [6, 6.07) is 6.68. The third kappa shape index (κ3) is 2.09. The predicted molar refractivity (Wildman–Crippen MR) is 73.0 cm³/mol. The van der Waals surface area contributed by atoms with Crippen molar-refractivity contribution < 1.29 is 14.9 Å². The number of aromatic nitrogens is 3. The predicted octanol–water partition coefficient (Wildman–Crippen LogP) is 1.71. The van der Waals surface area contributed by atoms with Gasteiger partial charge in [0.15, 0.2) is 6.04 Å². The standard InChI is InChI=1S/C14H15N3O3/c1-2-20-14(19)8-7-10(18)9-13(14)17-15-11-5-3-4-6-12(11)16-17/h3-9,13,18-19H,2H2,1H3. The van der Waals surface area contributed by atoms with Crippen molar-refractivity contribution in [2.75, 3.05) is 6.61 Å². The zero-order chi connectivity index (χ0) is 14.2. The van der Waals surface area contributed by atoms with E-state index >= 15 is 0 Å². The molecule has 0 saturated heterocycles. The van der Waals surface area contributed by atoms with E-state index in [2.05, 4.69) is 10.2 Å². The number of aliphatic hydroxyl groups is 2. The van der Waals surface area contributed by atoms with Gasteiger partial charge >= 0.3 is 0 Å². The van der Waals surface area contributed by atoms with E-state index in [1.165, 1.54) is 23.0 Å². The van der Waals surface area contributed by atoms with Crippen LogP contribution in [-0.2, 0) is 4.74 Å². The summed E-state index contributed by atoms with van der Waals surface area (Å²) < 4.78 is 5.39. The van der Waals surface area contributed by atoms with E-state index in [9.17, 15) is 10.2 Å². The summed E-state index contributed by atoms with van der Waals surface area (Å²) in [5.74, 6) is -1.53. The highest BCUT2D eigenvalue weighted by molar-refractivity contribution is 5.73. The minimum Gasteiger partial charge on any atom is -0.508 e. The number of benzene rings is 1. The van der Waals surface area contributed by atoms with Gasteiger partial charge in [0.1, 0.15) is 16.8 Å². The molecule has 0 radical (unpaired) electrons. The highest BCUT2D eigenvalue weighted by atomic mass is 16.6. The lowest BCUT2D eigenvalue weighted by Crippen LogP contribution is -2.42. The molecule has 2 N–H and O–H groups in total. The van der Waals surface area contributed by atoms with Gasteiger partial charge in [-0.1, -0.05) is 12.1 Å². The van der Waals surface area contributed by atoms with Crippen molar-refractivity contribution in [1.82, 2.24) is 15.0 Å². The molecule has 2 unspecified atom stereocenters. The van der Waals surface area contributed by atoms with Crippen molar-refractivity contribution in [1.29, 1.82) is 0 Å². The number of hydrogen-bond acceptors (Lipinski definition) is 5. The maximum absolute atomic E-state index is 10.6. The molecule has 1 aromatic carbocycles. The highest BCUT2D eigenvalue weighted by Crippen LogP contribution is 2.31.